The number of likely N-dealkylation sites (tertiary alicyclic amines) is 1. The molecule has 1 saturated heterocycles. The van der Waals surface area contributed by atoms with E-state index in [1.807, 2.05) is 12.2 Å². The first-order chi connectivity index (χ1) is 17.9. The molecule has 1 aliphatic heterocycles. The van der Waals surface area contributed by atoms with Crippen LogP contribution in [0, 0.1) is 56.7 Å². The van der Waals surface area contributed by atoms with Crippen LogP contribution in [0.3, 0.4) is 0 Å². The van der Waals surface area contributed by atoms with Gasteiger partial charge in [-0.25, -0.2) is 0 Å². The molecule has 7 atom stereocenters. The number of rotatable bonds is 1. The third-order valence-corrected chi connectivity index (χ3v) is 12.4. The highest BCUT2D eigenvalue weighted by Gasteiger charge is 2.65. The Labute approximate surface area is 228 Å². The second-order valence-electron chi connectivity index (χ2n) is 14.8. The number of ketones is 2. The molecule has 5 nitrogen and oxygen atoms in total. The van der Waals surface area contributed by atoms with Crippen LogP contribution < -0.4 is 0 Å². The lowest BCUT2D eigenvalue weighted by molar-refractivity contribution is -0.169. The molecule has 0 aromatic rings. The van der Waals surface area contributed by atoms with Gasteiger partial charge in [0.25, 0.3) is 0 Å². The standard InChI is InChI=1S/C33H44N2O3/c1-30(2)12-13-33(29(38)35-14-6-5-7-15-35)11-9-23-28(24(33)19-30)26(37)17-27-31(23,3)10-8-22-16-25(36)21(20-34)18-32(22,27)4/h17-18,22-24,28H,5-16,19H2,1-4H3. The molecule has 204 valence electrons. The number of fused-ring (bicyclic) bond motifs is 7. The van der Waals surface area contributed by atoms with Crippen LogP contribution in [0.2, 0.25) is 0 Å². The van der Waals surface area contributed by atoms with Crippen molar-refractivity contribution in [3.05, 3.63) is 23.3 Å². The SMILES string of the molecule is CC1(C)CCC2(C(=O)N3CCCCC3)CCC3C(C(=O)C=C4C5(C)C=C(C#N)C(=O)CC5CCC43C)C2C1. The van der Waals surface area contributed by atoms with Gasteiger partial charge in [-0.3, -0.25) is 14.4 Å². The zero-order chi connectivity index (χ0) is 27.1. The molecule has 5 heteroatoms. The van der Waals surface area contributed by atoms with Crippen LogP contribution in [0.5, 0.6) is 0 Å². The van der Waals surface area contributed by atoms with Crippen molar-refractivity contribution >= 4 is 17.5 Å². The van der Waals surface area contributed by atoms with E-state index in [1.54, 1.807) is 0 Å². The van der Waals surface area contributed by atoms with E-state index in [2.05, 4.69) is 38.7 Å². The van der Waals surface area contributed by atoms with Crippen molar-refractivity contribution in [2.24, 2.45) is 45.3 Å². The van der Waals surface area contributed by atoms with Gasteiger partial charge in [0.2, 0.25) is 5.91 Å². The Morgan fingerprint density at radius 3 is 2.42 bits per heavy atom. The maximum atomic E-state index is 14.3. The number of nitrogens with zero attached hydrogens (tertiary/aromatic N) is 2. The summed E-state index contributed by atoms with van der Waals surface area (Å²) in [7, 11) is 0. The number of hydrogen-bond donors (Lipinski definition) is 0. The van der Waals surface area contributed by atoms with Crippen LogP contribution in [-0.4, -0.2) is 35.5 Å². The van der Waals surface area contributed by atoms with E-state index in [9.17, 15) is 19.6 Å². The smallest absolute Gasteiger partial charge is 0.229 e. The van der Waals surface area contributed by atoms with Crippen molar-refractivity contribution in [3.8, 4) is 6.07 Å². The van der Waals surface area contributed by atoms with E-state index in [4.69, 9.17) is 0 Å². The normalized spacial score (nSPS) is 43.9. The molecular weight excluding hydrogens is 472 g/mol. The van der Waals surface area contributed by atoms with Crippen molar-refractivity contribution in [1.82, 2.24) is 4.90 Å². The third-order valence-electron chi connectivity index (χ3n) is 12.4. The van der Waals surface area contributed by atoms with Crippen molar-refractivity contribution in [2.45, 2.75) is 98.3 Å². The molecule has 0 aromatic heterocycles. The molecule has 5 aliphatic carbocycles. The van der Waals surface area contributed by atoms with Crippen molar-refractivity contribution in [3.63, 3.8) is 0 Å². The maximum Gasteiger partial charge on any atom is 0.229 e. The fourth-order valence-electron chi connectivity index (χ4n) is 10.2. The summed E-state index contributed by atoms with van der Waals surface area (Å²) in [5.74, 6) is 0.819. The molecule has 4 fully saturated rings. The van der Waals surface area contributed by atoms with Gasteiger partial charge < -0.3 is 4.90 Å². The molecule has 0 aromatic carbocycles. The van der Waals surface area contributed by atoms with Crippen LogP contribution in [0.1, 0.15) is 98.3 Å². The molecule has 0 bridgehead atoms. The Balaban J connectivity index is 1.43. The van der Waals surface area contributed by atoms with E-state index < -0.39 is 10.8 Å². The zero-order valence-corrected chi connectivity index (χ0v) is 23.8. The quantitative estimate of drug-likeness (QED) is 0.416. The van der Waals surface area contributed by atoms with Gasteiger partial charge >= 0.3 is 0 Å². The van der Waals surface area contributed by atoms with Crippen molar-refractivity contribution < 1.29 is 14.4 Å². The van der Waals surface area contributed by atoms with Gasteiger partial charge in [-0.2, -0.15) is 5.26 Å². The first-order valence-electron chi connectivity index (χ1n) is 15.2. The molecule has 7 unspecified atom stereocenters. The Bertz CT molecular complexity index is 1180. The number of hydrogen-bond acceptors (Lipinski definition) is 4. The predicted molar refractivity (Wildman–Crippen MR) is 146 cm³/mol. The zero-order valence-electron chi connectivity index (χ0n) is 23.8. The van der Waals surface area contributed by atoms with Crippen molar-refractivity contribution in [2.75, 3.05) is 13.1 Å². The minimum absolute atomic E-state index is 0.0534. The van der Waals surface area contributed by atoms with Crippen LogP contribution in [-0.2, 0) is 14.4 Å². The monoisotopic (exact) mass is 516 g/mol. The van der Waals surface area contributed by atoms with E-state index in [1.165, 1.54) is 6.42 Å². The predicted octanol–water partition coefficient (Wildman–Crippen LogP) is 6.19. The highest BCUT2D eigenvalue weighted by molar-refractivity contribution is 6.01. The molecule has 1 amide bonds. The maximum absolute atomic E-state index is 14.3. The summed E-state index contributed by atoms with van der Waals surface area (Å²) in [6, 6.07) is 2.14. The lowest BCUT2D eigenvalue weighted by Gasteiger charge is -2.64. The fraction of sp³-hybridized carbons (Fsp3) is 0.758. The summed E-state index contributed by atoms with van der Waals surface area (Å²) >= 11 is 0. The van der Waals surface area contributed by atoms with Crippen LogP contribution in [0.15, 0.2) is 23.3 Å². The Morgan fingerprint density at radius 2 is 1.71 bits per heavy atom. The van der Waals surface area contributed by atoms with Gasteiger partial charge in [0.15, 0.2) is 11.6 Å². The lowest BCUT2D eigenvalue weighted by Crippen LogP contribution is -2.62. The van der Waals surface area contributed by atoms with E-state index in [0.717, 1.165) is 76.5 Å². The Hall–Kier alpha value is -2.22. The van der Waals surface area contributed by atoms with Gasteiger partial charge in [-0.05, 0) is 98.9 Å². The van der Waals surface area contributed by atoms with E-state index in [0.29, 0.717) is 12.3 Å². The second kappa shape index (κ2) is 8.64. The van der Waals surface area contributed by atoms with Crippen LogP contribution in [0.4, 0.5) is 0 Å². The molecule has 38 heavy (non-hydrogen) atoms. The van der Waals surface area contributed by atoms with Gasteiger partial charge in [0, 0.05) is 30.8 Å². The minimum atomic E-state index is -0.434. The van der Waals surface area contributed by atoms with Crippen LogP contribution >= 0.6 is 0 Å². The van der Waals surface area contributed by atoms with Crippen molar-refractivity contribution in [1.29, 1.82) is 5.26 Å². The Morgan fingerprint density at radius 1 is 0.974 bits per heavy atom. The van der Waals surface area contributed by atoms with E-state index >= 15 is 0 Å². The first kappa shape index (κ1) is 26.0. The summed E-state index contributed by atoms with van der Waals surface area (Å²) in [6.45, 7) is 10.9. The topological polar surface area (TPSA) is 78.2 Å². The number of allylic oxidation sites excluding steroid dienone is 4. The highest BCUT2D eigenvalue weighted by atomic mass is 16.2. The number of amides is 1. The molecule has 0 N–H and O–H groups in total. The van der Waals surface area contributed by atoms with Gasteiger partial charge in [0.1, 0.15) is 6.07 Å². The first-order valence-corrected chi connectivity index (χ1v) is 15.2. The number of nitriles is 1. The lowest BCUT2D eigenvalue weighted by atomic mass is 9.39. The highest BCUT2D eigenvalue weighted by Crippen LogP contribution is 2.69. The molecule has 0 spiro atoms. The number of carbonyl (C=O) groups is 3. The average molecular weight is 517 g/mol. The summed E-state index contributed by atoms with van der Waals surface area (Å²) < 4.78 is 0. The number of carbonyl (C=O) groups excluding carboxylic acids is 3. The largest absolute Gasteiger partial charge is 0.342 e. The third kappa shape index (κ3) is 3.57. The summed E-state index contributed by atoms with van der Waals surface area (Å²) in [5, 5.41) is 9.67. The van der Waals surface area contributed by atoms with Gasteiger partial charge in [0.05, 0.1) is 11.0 Å². The average Bonchev–Trinajstić information content (AvgIpc) is 2.89. The molecule has 6 aliphatic rings. The second-order valence-corrected chi connectivity index (χ2v) is 14.8. The molecule has 3 saturated carbocycles. The summed E-state index contributed by atoms with van der Waals surface area (Å²) in [5.41, 5.74) is 0.545. The summed E-state index contributed by atoms with van der Waals surface area (Å²) in [4.78, 5) is 43.4. The summed E-state index contributed by atoms with van der Waals surface area (Å²) in [6.07, 6.45) is 14.2. The fourth-order valence-corrected chi connectivity index (χ4v) is 10.2. The minimum Gasteiger partial charge on any atom is -0.342 e. The molecule has 6 rings (SSSR count). The number of Topliss-reactive ketones (excluding diaryl/α,β-unsaturated/α-hetero) is 1. The van der Waals surface area contributed by atoms with Crippen LogP contribution in [0.25, 0.3) is 0 Å². The van der Waals surface area contributed by atoms with Gasteiger partial charge in [-0.15, -0.1) is 0 Å². The number of piperidine rings is 1. The molecule has 1 heterocycles. The van der Waals surface area contributed by atoms with E-state index in [-0.39, 0.29) is 51.6 Å². The van der Waals surface area contributed by atoms with Gasteiger partial charge in [-0.1, -0.05) is 39.3 Å². The molecule has 0 radical (unpaired) electrons. The molecular formula is C33H44N2O3. The Kier molecular flexibility index (Phi) is 5.92.